The van der Waals surface area contributed by atoms with Crippen molar-refractivity contribution in [3.8, 4) is 17.1 Å². The lowest BCUT2D eigenvalue weighted by atomic mass is 10.1. The molecule has 4 rings (SSSR count). The molecule has 6 nitrogen and oxygen atoms in total. The van der Waals surface area contributed by atoms with E-state index in [1.54, 1.807) is 18.2 Å². The van der Waals surface area contributed by atoms with Crippen molar-refractivity contribution < 1.29 is 9.50 Å². The zero-order chi connectivity index (χ0) is 16.7. The molecule has 120 valence electrons. The maximum Gasteiger partial charge on any atom is 0.165 e. The van der Waals surface area contributed by atoms with Crippen molar-refractivity contribution in [2.75, 3.05) is 0 Å². The zero-order valence-electron chi connectivity index (χ0n) is 12.8. The Labute approximate surface area is 136 Å². The Kier molecular flexibility index (Phi) is 3.26. The number of nitrogens with zero attached hydrogens (tertiary/aromatic N) is 3. The fraction of sp³-hybridized carbons (Fsp3) is 0.118. The molecule has 0 aliphatic rings. The van der Waals surface area contributed by atoms with Crippen LogP contribution in [0.1, 0.15) is 17.2 Å². The number of fused-ring (bicyclic) bond motifs is 1. The molecule has 24 heavy (non-hydrogen) atoms. The van der Waals surface area contributed by atoms with Gasteiger partial charge in [-0.2, -0.15) is 0 Å². The summed E-state index contributed by atoms with van der Waals surface area (Å²) in [5, 5.41) is 18.6. The number of phenols is 1. The molecule has 0 unspecified atom stereocenters. The molecule has 0 saturated carbocycles. The normalized spacial score (nSPS) is 11.2. The van der Waals surface area contributed by atoms with Gasteiger partial charge in [0.25, 0.3) is 0 Å². The molecule has 2 heterocycles. The maximum absolute atomic E-state index is 13.0. The Hall–Kier alpha value is -3.22. The van der Waals surface area contributed by atoms with Crippen LogP contribution in [0, 0.1) is 12.7 Å². The molecule has 0 radical (unpaired) electrons. The van der Waals surface area contributed by atoms with E-state index in [0.29, 0.717) is 29.1 Å². The summed E-state index contributed by atoms with van der Waals surface area (Å²) < 4.78 is 13.0. The predicted octanol–water partition coefficient (Wildman–Crippen LogP) is 3.09. The third-order valence-corrected chi connectivity index (χ3v) is 3.82. The average Bonchev–Trinajstić information content (AvgIpc) is 3.16. The molecular weight excluding hydrogens is 309 g/mol. The number of aromatic hydroxyl groups is 1. The van der Waals surface area contributed by atoms with E-state index in [1.807, 2.05) is 13.0 Å². The summed E-state index contributed by atoms with van der Waals surface area (Å²) >= 11 is 0. The van der Waals surface area contributed by atoms with Gasteiger partial charge in [0, 0.05) is 6.42 Å². The lowest BCUT2D eigenvalue weighted by Gasteiger charge is -2.01. The number of aromatic nitrogens is 5. The number of aryl methyl sites for hydroxylation is 1. The summed E-state index contributed by atoms with van der Waals surface area (Å²) in [6.07, 6.45) is 0.498. The summed E-state index contributed by atoms with van der Waals surface area (Å²) in [6, 6.07) is 9.82. The number of phenolic OH excluding ortho intramolecular Hbond substituents is 1. The van der Waals surface area contributed by atoms with Gasteiger partial charge in [-0.25, -0.2) is 9.37 Å². The Bertz CT molecular complexity index is 1020. The highest BCUT2D eigenvalue weighted by molar-refractivity contribution is 5.88. The Balaban J connectivity index is 1.67. The summed E-state index contributed by atoms with van der Waals surface area (Å²) in [4.78, 5) is 10.4. The van der Waals surface area contributed by atoms with E-state index >= 15 is 0 Å². The molecule has 0 atom stereocenters. The second kappa shape index (κ2) is 5.45. The monoisotopic (exact) mass is 323 g/mol. The van der Waals surface area contributed by atoms with E-state index in [-0.39, 0.29) is 11.6 Å². The number of rotatable bonds is 3. The minimum atomic E-state index is -0.274. The van der Waals surface area contributed by atoms with E-state index in [0.717, 1.165) is 16.9 Å². The van der Waals surface area contributed by atoms with Crippen LogP contribution >= 0.6 is 0 Å². The van der Waals surface area contributed by atoms with Gasteiger partial charge in [-0.05, 0) is 36.8 Å². The number of H-pyrrole nitrogens is 2. The Morgan fingerprint density at radius 2 is 1.83 bits per heavy atom. The van der Waals surface area contributed by atoms with Gasteiger partial charge in [-0.1, -0.05) is 12.1 Å². The summed E-state index contributed by atoms with van der Waals surface area (Å²) in [6.45, 7) is 1.83. The van der Waals surface area contributed by atoms with Crippen molar-refractivity contribution >= 4 is 11.0 Å². The topological polar surface area (TPSA) is 90.5 Å². The highest BCUT2D eigenvalue weighted by Crippen LogP contribution is 2.33. The summed E-state index contributed by atoms with van der Waals surface area (Å²) in [5.41, 5.74) is 2.72. The third kappa shape index (κ3) is 2.50. The van der Waals surface area contributed by atoms with Gasteiger partial charge < -0.3 is 15.1 Å². The number of hydrogen-bond acceptors (Lipinski definition) is 4. The molecule has 0 amide bonds. The molecule has 4 aromatic rings. The quantitative estimate of drug-likeness (QED) is 0.540. The highest BCUT2D eigenvalue weighted by Gasteiger charge is 2.15. The third-order valence-electron chi connectivity index (χ3n) is 3.82. The van der Waals surface area contributed by atoms with Crippen LogP contribution in [-0.2, 0) is 6.42 Å². The molecule has 3 N–H and O–H groups in total. The van der Waals surface area contributed by atoms with Crippen LogP contribution < -0.4 is 0 Å². The molecule has 2 aromatic heterocycles. The molecule has 0 saturated heterocycles. The van der Waals surface area contributed by atoms with Gasteiger partial charge >= 0.3 is 0 Å². The molecular formula is C17H14FN5O. The molecule has 0 aliphatic carbocycles. The van der Waals surface area contributed by atoms with Crippen LogP contribution in [0.3, 0.4) is 0 Å². The van der Waals surface area contributed by atoms with Gasteiger partial charge in [-0.15, -0.1) is 10.2 Å². The van der Waals surface area contributed by atoms with Crippen LogP contribution in [0.2, 0.25) is 0 Å². The number of benzene rings is 2. The predicted molar refractivity (Wildman–Crippen MR) is 87.1 cm³/mol. The van der Waals surface area contributed by atoms with Crippen molar-refractivity contribution in [1.29, 1.82) is 0 Å². The largest absolute Gasteiger partial charge is 0.505 e. The fourth-order valence-electron chi connectivity index (χ4n) is 2.67. The van der Waals surface area contributed by atoms with Gasteiger partial charge in [0.1, 0.15) is 23.0 Å². The number of imidazole rings is 1. The van der Waals surface area contributed by atoms with E-state index in [4.69, 9.17) is 0 Å². The molecule has 0 spiro atoms. The van der Waals surface area contributed by atoms with Crippen LogP contribution in [0.4, 0.5) is 4.39 Å². The number of aromatic amines is 2. The number of halogens is 1. The van der Waals surface area contributed by atoms with E-state index in [1.165, 1.54) is 12.1 Å². The van der Waals surface area contributed by atoms with Crippen molar-refractivity contribution in [3.05, 3.63) is 59.4 Å². The first-order valence-corrected chi connectivity index (χ1v) is 7.45. The molecule has 7 heteroatoms. The van der Waals surface area contributed by atoms with Crippen molar-refractivity contribution in [2.45, 2.75) is 13.3 Å². The van der Waals surface area contributed by atoms with Crippen LogP contribution in [-0.4, -0.2) is 30.3 Å². The molecule has 0 fully saturated rings. The second-order valence-electron chi connectivity index (χ2n) is 5.60. The Morgan fingerprint density at radius 1 is 1.04 bits per heavy atom. The average molecular weight is 323 g/mol. The zero-order valence-corrected chi connectivity index (χ0v) is 12.8. The van der Waals surface area contributed by atoms with Crippen molar-refractivity contribution in [2.24, 2.45) is 0 Å². The Morgan fingerprint density at radius 3 is 2.62 bits per heavy atom. The first-order valence-electron chi connectivity index (χ1n) is 7.45. The van der Waals surface area contributed by atoms with Gasteiger partial charge in [0.15, 0.2) is 11.6 Å². The lowest BCUT2D eigenvalue weighted by molar-refractivity contribution is 0.482. The SMILES string of the molecule is Cc1nc2c(O)c(-c3nnc(Cc4ccc(F)cc4)[nH]3)ccc2[nH]1. The van der Waals surface area contributed by atoms with Crippen LogP contribution in [0.15, 0.2) is 36.4 Å². The van der Waals surface area contributed by atoms with Crippen LogP contribution in [0.25, 0.3) is 22.4 Å². The summed E-state index contributed by atoms with van der Waals surface area (Å²) in [5.74, 6) is 1.61. The van der Waals surface area contributed by atoms with Gasteiger partial charge in [-0.3, -0.25) is 0 Å². The second-order valence-corrected chi connectivity index (χ2v) is 5.60. The molecule has 0 aliphatic heterocycles. The minimum absolute atomic E-state index is 0.0568. The maximum atomic E-state index is 13.0. The van der Waals surface area contributed by atoms with Gasteiger partial charge in [0.2, 0.25) is 0 Å². The lowest BCUT2D eigenvalue weighted by Crippen LogP contribution is -1.91. The number of nitrogens with one attached hydrogen (secondary N) is 2. The van der Waals surface area contributed by atoms with E-state index in [2.05, 4.69) is 25.1 Å². The van der Waals surface area contributed by atoms with Crippen molar-refractivity contribution in [3.63, 3.8) is 0 Å². The fourth-order valence-corrected chi connectivity index (χ4v) is 2.67. The van der Waals surface area contributed by atoms with Gasteiger partial charge in [0.05, 0.1) is 11.1 Å². The first kappa shape index (κ1) is 14.4. The molecule has 2 aromatic carbocycles. The van der Waals surface area contributed by atoms with Crippen molar-refractivity contribution in [1.82, 2.24) is 25.1 Å². The first-order chi connectivity index (χ1) is 11.6. The van der Waals surface area contributed by atoms with E-state index in [9.17, 15) is 9.50 Å². The number of hydrogen-bond donors (Lipinski definition) is 3. The molecule has 0 bridgehead atoms. The highest BCUT2D eigenvalue weighted by atomic mass is 19.1. The standard InChI is InChI=1S/C17H14FN5O/c1-9-19-13-7-6-12(16(24)15(13)20-9)17-21-14(22-23-17)8-10-2-4-11(18)5-3-10/h2-7,24H,8H2,1H3,(H,19,20)(H,21,22,23). The smallest absolute Gasteiger partial charge is 0.165 e. The minimum Gasteiger partial charge on any atom is -0.505 e. The summed E-state index contributed by atoms with van der Waals surface area (Å²) in [7, 11) is 0. The van der Waals surface area contributed by atoms with E-state index < -0.39 is 0 Å². The van der Waals surface area contributed by atoms with Crippen LogP contribution in [0.5, 0.6) is 5.75 Å².